The predicted molar refractivity (Wildman–Crippen MR) is 140 cm³/mol. The Kier molecular flexibility index (Phi) is 12.5. The number of carbonyl (C=O) groups is 4. The molecule has 1 aromatic rings. The molecule has 210 valence electrons. The van der Waals surface area contributed by atoms with Gasteiger partial charge in [-0.3, -0.25) is 19.8 Å². The van der Waals surface area contributed by atoms with Crippen LogP contribution in [-0.2, 0) is 25.7 Å². The summed E-state index contributed by atoms with van der Waals surface area (Å²) in [6.45, 7) is 3.26. The normalized spacial score (nSPS) is 16.4. The average molecular weight is 535 g/mol. The van der Waals surface area contributed by atoms with Gasteiger partial charge in [-0.05, 0) is 43.6 Å². The highest BCUT2D eigenvalue weighted by Gasteiger charge is 2.39. The van der Waals surface area contributed by atoms with E-state index in [1.165, 1.54) is 4.90 Å². The first-order valence-corrected chi connectivity index (χ1v) is 12.9. The smallest absolute Gasteiger partial charge is 0.408 e. The fraction of sp³-hybridized carbons (Fsp3) is 0.577. The zero-order chi connectivity index (χ0) is 28.1. The van der Waals surface area contributed by atoms with Crippen molar-refractivity contribution in [3.63, 3.8) is 0 Å². The summed E-state index contributed by atoms with van der Waals surface area (Å²) < 4.78 is 18.4. The van der Waals surface area contributed by atoms with Crippen LogP contribution in [0.3, 0.4) is 0 Å². The maximum Gasteiger partial charge on any atom is 0.408 e. The van der Waals surface area contributed by atoms with Gasteiger partial charge in [0.05, 0.1) is 6.04 Å². The molecule has 3 atom stereocenters. The van der Waals surface area contributed by atoms with Gasteiger partial charge in [0.25, 0.3) is 0 Å². The van der Waals surface area contributed by atoms with Gasteiger partial charge < -0.3 is 31.3 Å². The van der Waals surface area contributed by atoms with Crippen LogP contribution in [0.2, 0.25) is 0 Å². The van der Waals surface area contributed by atoms with Crippen molar-refractivity contribution in [1.82, 2.24) is 20.9 Å². The second-order valence-electron chi connectivity index (χ2n) is 9.72. The number of Topliss-reactive ketones (excluding diaryl/α,β-unsaturated/α-hetero) is 1. The van der Waals surface area contributed by atoms with Crippen LogP contribution >= 0.6 is 0 Å². The minimum absolute atomic E-state index is 0.0515. The van der Waals surface area contributed by atoms with Gasteiger partial charge in [0, 0.05) is 13.1 Å². The molecule has 11 nitrogen and oxygen atoms in total. The van der Waals surface area contributed by atoms with Crippen molar-refractivity contribution < 1.29 is 28.3 Å². The quantitative estimate of drug-likeness (QED) is 0.137. The summed E-state index contributed by atoms with van der Waals surface area (Å²) >= 11 is 0. The van der Waals surface area contributed by atoms with E-state index < -0.39 is 48.5 Å². The summed E-state index contributed by atoms with van der Waals surface area (Å²) in [6, 6.07) is 6.35. The highest BCUT2D eigenvalue weighted by Crippen LogP contribution is 2.21. The van der Waals surface area contributed by atoms with Crippen LogP contribution < -0.4 is 21.7 Å². The Bertz CT molecular complexity index is 961. The molecule has 12 heteroatoms. The number of benzene rings is 1. The summed E-state index contributed by atoms with van der Waals surface area (Å²) in [5.41, 5.74) is 6.04. The minimum atomic E-state index is -1.23. The van der Waals surface area contributed by atoms with Gasteiger partial charge >= 0.3 is 6.09 Å². The summed E-state index contributed by atoms with van der Waals surface area (Å²) in [5.74, 6) is -1.87. The van der Waals surface area contributed by atoms with Crippen LogP contribution in [0.1, 0.15) is 51.5 Å². The zero-order valence-electron chi connectivity index (χ0n) is 22.0. The molecule has 0 spiro atoms. The zero-order valence-corrected chi connectivity index (χ0v) is 22.0. The maximum absolute atomic E-state index is 13.5. The fourth-order valence-electron chi connectivity index (χ4n) is 4.31. The number of alkyl halides is 1. The van der Waals surface area contributed by atoms with Gasteiger partial charge in [0.2, 0.25) is 11.8 Å². The van der Waals surface area contributed by atoms with Gasteiger partial charge in [-0.15, -0.1) is 0 Å². The molecule has 0 bridgehead atoms. The Labute approximate surface area is 222 Å². The van der Waals surface area contributed by atoms with E-state index in [4.69, 9.17) is 15.9 Å². The van der Waals surface area contributed by atoms with Gasteiger partial charge in [0.1, 0.15) is 25.4 Å². The molecule has 1 fully saturated rings. The molecule has 0 unspecified atom stereocenters. The number of rotatable bonds is 14. The van der Waals surface area contributed by atoms with Crippen molar-refractivity contribution in [3.05, 3.63) is 35.9 Å². The lowest BCUT2D eigenvalue weighted by Gasteiger charge is -2.30. The van der Waals surface area contributed by atoms with Crippen LogP contribution in [0.15, 0.2) is 30.3 Å². The van der Waals surface area contributed by atoms with Crippen molar-refractivity contribution in [2.75, 3.05) is 19.8 Å². The number of carbonyl (C=O) groups excluding carboxylic acids is 4. The van der Waals surface area contributed by atoms with E-state index in [2.05, 4.69) is 16.0 Å². The van der Waals surface area contributed by atoms with Crippen molar-refractivity contribution in [1.29, 1.82) is 5.41 Å². The first kappa shape index (κ1) is 30.5. The number of ketones is 1. The number of halogens is 1. The topological polar surface area (TPSA) is 167 Å². The Balaban J connectivity index is 2.03. The first-order valence-electron chi connectivity index (χ1n) is 12.9. The Morgan fingerprint density at radius 3 is 2.50 bits per heavy atom. The number of amides is 3. The molecule has 0 aromatic heterocycles. The molecule has 1 heterocycles. The molecular weight excluding hydrogens is 495 g/mol. The molecule has 0 radical (unpaired) electrons. The van der Waals surface area contributed by atoms with Crippen LogP contribution in [0.25, 0.3) is 0 Å². The number of hydrogen-bond acceptors (Lipinski definition) is 6. The third kappa shape index (κ3) is 9.98. The number of hydrogen-bond donors (Lipinski definition) is 5. The molecule has 6 N–H and O–H groups in total. The maximum atomic E-state index is 13.5. The van der Waals surface area contributed by atoms with Crippen LogP contribution in [-0.4, -0.2) is 72.4 Å². The SMILES string of the molecule is CC(C)C[C@H](NC(=O)OCc1ccccc1)C(=O)N1CCC[C@H]1C(=O)N[C@@H](CCCNC(=N)N)C(=O)CF. The number of likely N-dealkylation sites (tertiary alicyclic amines) is 1. The number of nitrogens with one attached hydrogen (secondary N) is 4. The van der Waals surface area contributed by atoms with E-state index in [1.54, 1.807) is 0 Å². The number of nitrogens with two attached hydrogens (primary N) is 1. The standard InChI is InChI=1S/C26H39FN6O5/c1-17(2)14-20(32-26(37)38-16-18-8-4-3-5-9-18)24(36)33-13-7-11-21(33)23(35)31-19(22(34)15-27)10-6-12-30-25(28)29/h3-5,8-9,17,19-21H,6-7,10-16H2,1-2H3,(H,31,35)(H,32,37)(H4,28,29,30)/t19-,20-,21-/m0/s1. The molecule has 1 aliphatic rings. The third-order valence-electron chi connectivity index (χ3n) is 6.17. The molecular formula is C26H39FN6O5. The number of ether oxygens (including phenoxy) is 1. The molecule has 1 aliphatic heterocycles. The third-order valence-corrected chi connectivity index (χ3v) is 6.17. The number of nitrogens with zero attached hydrogens (tertiary/aromatic N) is 1. The number of alkyl carbamates (subject to hydrolysis) is 1. The van der Waals surface area contributed by atoms with E-state index in [0.29, 0.717) is 32.2 Å². The molecule has 2 rings (SSSR count). The Morgan fingerprint density at radius 2 is 1.87 bits per heavy atom. The summed E-state index contributed by atoms with van der Waals surface area (Å²) in [7, 11) is 0. The summed E-state index contributed by atoms with van der Waals surface area (Å²) in [6.07, 6.45) is 1.08. The van der Waals surface area contributed by atoms with Gasteiger partial charge in [-0.25, -0.2) is 9.18 Å². The Hall–Kier alpha value is -3.70. The largest absolute Gasteiger partial charge is 0.445 e. The Morgan fingerprint density at radius 1 is 1.16 bits per heavy atom. The van der Waals surface area contributed by atoms with E-state index in [9.17, 15) is 23.6 Å². The molecule has 1 saturated heterocycles. The monoisotopic (exact) mass is 534 g/mol. The lowest BCUT2D eigenvalue weighted by Crippen LogP contribution is -2.55. The van der Waals surface area contributed by atoms with Crippen molar-refractivity contribution >= 4 is 29.7 Å². The second-order valence-corrected chi connectivity index (χ2v) is 9.72. The van der Waals surface area contributed by atoms with Crippen molar-refractivity contribution in [2.45, 2.75) is 70.7 Å². The molecule has 3 amide bonds. The molecule has 38 heavy (non-hydrogen) atoms. The van der Waals surface area contributed by atoms with Crippen LogP contribution in [0.5, 0.6) is 0 Å². The van der Waals surface area contributed by atoms with Crippen LogP contribution in [0.4, 0.5) is 9.18 Å². The van der Waals surface area contributed by atoms with Crippen LogP contribution in [0, 0.1) is 11.3 Å². The molecule has 0 aliphatic carbocycles. The second kappa shape index (κ2) is 15.5. The summed E-state index contributed by atoms with van der Waals surface area (Å²) in [4.78, 5) is 52.6. The predicted octanol–water partition coefficient (Wildman–Crippen LogP) is 1.61. The van der Waals surface area contributed by atoms with E-state index >= 15 is 0 Å². The van der Waals surface area contributed by atoms with Crippen molar-refractivity contribution in [3.8, 4) is 0 Å². The highest BCUT2D eigenvalue weighted by molar-refractivity contribution is 5.95. The highest BCUT2D eigenvalue weighted by atomic mass is 19.1. The molecule has 0 saturated carbocycles. The first-order chi connectivity index (χ1) is 18.1. The summed E-state index contributed by atoms with van der Waals surface area (Å²) in [5, 5.41) is 15.0. The number of guanidine groups is 1. The van der Waals surface area contributed by atoms with Gasteiger partial charge in [0.15, 0.2) is 11.7 Å². The molecule has 1 aromatic carbocycles. The fourth-order valence-corrected chi connectivity index (χ4v) is 4.31. The van der Waals surface area contributed by atoms with E-state index in [1.807, 2.05) is 44.2 Å². The van der Waals surface area contributed by atoms with Gasteiger partial charge in [-0.2, -0.15) is 0 Å². The van der Waals surface area contributed by atoms with E-state index in [0.717, 1.165) is 5.56 Å². The average Bonchev–Trinajstić information content (AvgIpc) is 3.38. The lowest BCUT2D eigenvalue weighted by molar-refractivity contribution is -0.141. The lowest BCUT2D eigenvalue weighted by atomic mass is 10.0. The van der Waals surface area contributed by atoms with Crippen molar-refractivity contribution in [2.24, 2.45) is 11.7 Å². The van der Waals surface area contributed by atoms with Gasteiger partial charge in [-0.1, -0.05) is 44.2 Å². The minimum Gasteiger partial charge on any atom is -0.445 e. The van der Waals surface area contributed by atoms with E-state index in [-0.39, 0.29) is 31.4 Å².